The summed E-state index contributed by atoms with van der Waals surface area (Å²) in [6, 6.07) is 1.85. The van der Waals surface area contributed by atoms with Crippen LogP contribution in [0.4, 0.5) is 11.6 Å². The number of hydrogen-bond acceptors (Lipinski definition) is 4. The third kappa shape index (κ3) is 1.80. The van der Waals surface area contributed by atoms with Gasteiger partial charge in [0, 0.05) is 20.2 Å². The van der Waals surface area contributed by atoms with Crippen molar-refractivity contribution in [2.24, 2.45) is 0 Å². The number of rotatable bonds is 2. The summed E-state index contributed by atoms with van der Waals surface area (Å²) in [5, 5.41) is 5.90. The Labute approximate surface area is 66.1 Å². The molecule has 0 aliphatic carbocycles. The van der Waals surface area contributed by atoms with Gasteiger partial charge in [-0.3, -0.25) is 0 Å². The molecule has 60 valence electrons. The van der Waals surface area contributed by atoms with E-state index in [0.717, 1.165) is 17.5 Å². The lowest BCUT2D eigenvalue weighted by Gasteiger charge is -2.03. The predicted octanol–water partition coefficient (Wildman–Crippen LogP) is 0.868. The molecule has 0 saturated heterocycles. The first-order chi connectivity index (χ1) is 5.26. The highest BCUT2D eigenvalue weighted by molar-refractivity contribution is 5.46. The third-order valence-corrected chi connectivity index (χ3v) is 1.35. The first-order valence-electron chi connectivity index (χ1n) is 3.47. The Bertz CT molecular complexity index is 224. The van der Waals surface area contributed by atoms with Crippen LogP contribution >= 0.6 is 0 Å². The maximum absolute atomic E-state index is 4.14. The Morgan fingerprint density at radius 3 is 1.91 bits per heavy atom. The fourth-order valence-corrected chi connectivity index (χ4v) is 0.824. The standard InChI is InChI=1S/C7H12N4/c1-5-10-6(8-2)4-7(9-3)11-5/h4H,1-3H3,(H2,8,9,10,11). The highest BCUT2D eigenvalue weighted by atomic mass is 15.1. The Morgan fingerprint density at radius 2 is 1.55 bits per heavy atom. The third-order valence-electron chi connectivity index (χ3n) is 1.35. The summed E-state index contributed by atoms with van der Waals surface area (Å²) >= 11 is 0. The van der Waals surface area contributed by atoms with Crippen molar-refractivity contribution in [2.45, 2.75) is 6.92 Å². The average Bonchev–Trinajstić information content (AvgIpc) is 2.03. The average molecular weight is 152 g/mol. The van der Waals surface area contributed by atoms with Gasteiger partial charge in [0.05, 0.1) is 0 Å². The van der Waals surface area contributed by atoms with Crippen LogP contribution in [0.1, 0.15) is 5.82 Å². The molecular formula is C7H12N4. The van der Waals surface area contributed by atoms with Crippen molar-refractivity contribution in [3.05, 3.63) is 11.9 Å². The molecule has 0 aromatic carbocycles. The van der Waals surface area contributed by atoms with E-state index in [4.69, 9.17) is 0 Å². The van der Waals surface area contributed by atoms with Gasteiger partial charge in [-0.2, -0.15) is 0 Å². The molecule has 4 nitrogen and oxygen atoms in total. The molecule has 1 rings (SSSR count). The van der Waals surface area contributed by atoms with Gasteiger partial charge < -0.3 is 10.6 Å². The van der Waals surface area contributed by atoms with Gasteiger partial charge in [-0.1, -0.05) is 0 Å². The smallest absolute Gasteiger partial charge is 0.131 e. The van der Waals surface area contributed by atoms with Crippen molar-refractivity contribution < 1.29 is 0 Å². The van der Waals surface area contributed by atoms with Gasteiger partial charge in [-0.05, 0) is 6.92 Å². The Morgan fingerprint density at radius 1 is 1.09 bits per heavy atom. The van der Waals surface area contributed by atoms with Gasteiger partial charge in [-0.15, -0.1) is 0 Å². The molecule has 0 aliphatic heterocycles. The van der Waals surface area contributed by atoms with Crippen LogP contribution in [0.2, 0.25) is 0 Å². The van der Waals surface area contributed by atoms with E-state index in [2.05, 4.69) is 20.6 Å². The highest BCUT2D eigenvalue weighted by Gasteiger charge is 1.96. The van der Waals surface area contributed by atoms with Crippen LogP contribution in [0, 0.1) is 6.92 Å². The van der Waals surface area contributed by atoms with E-state index in [0.29, 0.717) is 0 Å². The maximum atomic E-state index is 4.14. The lowest BCUT2D eigenvalue weighted by Crippen LogP contribution is -2.00. The van der Waals surface area contributed by atoms with E-state index in [1.807, 2.05) is 27.1 Å². The first-order valence-corrected chi connectivity index (χ1v) is 3.47. The summed E-state index contributed by atoms with van der Waals surface area (Å²) in [7, 11) is 3.67. The number of aromatic nitrogens is 2. The SMILES string of the molecule is CNc1cc(NC)nc(C)n1. The van der Waals surface area contributed by atoms with E-state index in [1.54, 1.807) is 0 Å². The summed E-state index contributed by atoms with van der Waals surface area (Å²) in [4.78, 5) is 8.28. The minimum absolute atomic E-state index is 0.765. The number of anilines is 2. The number of nitrogens with one attached hydrogen (secondary N) is 2. The molecule has 11 heavy (non-hydrogen) atoms. The van der Waals surface area contributed by atoms with Crippen LogP contribution < -0.4 is 10.6 Å². The Kier molecular flexibility index (Phi) is 2.25. The molecule has 0 bridgehead atoms. The van der Waals surface area contributed by atoms with Gasteiger partial charge >= 0.3 is 0 Å². The largest absolute Gasteiger partial charge is 0.373 e. The Balaban J connectivity index is 3.02. The molecule has 1 aromatic heterocycles. The second-order valence-electron chi connectivity index (χ2n) is 2.19. The molecule has 0 fully saturated rings. The second-order valence-corrected chi connectivity index (χ2v) is 2.19. The van der Waals surface area contributed by atoms with E-state index in [-0.39, 0.29) is 0 Å². The zero-order valence-electron chi connectivity index (χ0n) is 6.97. The molecule has 0 radical (unpaired) electrons. The molecule has 0 amide bonds. The summed E-state index contributed by atoms with van der Waals surface area (Å²) in [6.45, 7) is 1.86. The van der Waals surface area contributed by atoms with Crippen LogP contribution in [-0.2, 0) is 0 Å². The molecule has 0 spiro atoms. The zero-order chi connectivity index (χ0) is 8.27. The highest BCUT2D eigenvalue weighted by Crippen LogP contribution is 2.08. The molecule has 0 atom stereocenters. The van der Waals surface area contributed by atoms with Crippen molar-refractivity contribution in [1.29, 1.82) is 0 Å². The zero-order valence-corrected chi connectivity index (χ0v) is 6.97. The van der Waals surface area contributed by atoms with Crippen molar-refractivity contribution in [3.63, 3.8) is 0 Å². The molecular weight excluding hydrogens is 140 g/mol. The van der Waals surface area contributed by atoms with Gasteiger partial charge in [0.2, 0.25) is 0 Å². The van der Waals surface area contributed by atoms with Crippen LogP contribution in [0.25, 0.3) is 0 Å². The van der Waals surface area contributed by atoms with Gasteiger partial charge in [0.1, 0.15) is 17.5 Å². The fraction of sp³-hybridized carbons (Fsp3) is 0.429. The first kappa shape index (κ1) is 7.78. The number of nitrogens with zero attached hydrogens (tertiary/aromatic N) is 2. The van der Waals surface area contributed by atoms with E-state index < -0.39 is 0 Å². The van der Waals surface area contributed by atoms with Crippen LogP contribution in [0.15, 0.2) is 6.07 Å². The van der Waals surface area contributed by atoms with Gasteiger partial charge in [0.15, 0.2) is 0 Å². The van der Waals surface area contributed by atoms with Gasteiger partial charge in [0.25, 0.3) is 0 Å². The second kappa shape index (κ2) is 3.18. The Hall–Kier alpha value is -1.32. The maximum Gasteiger partial charge on any atom is 0.131 e. The topological polar surface area (TPSA) is 49.8 Å². The number of aryl methyl sites for hydroxylation is 1. The minimum Gasteiger partial charge on any atom is -0.373 e. The molecule has 0 aliphatic rings. The van der Waals surface area contributed by atoms with Crippen LogP contribution in [-0.4, -0.2) is 24.1 Å². The van der Waals surface area contributed by atoms with Crippen molar-refractivity contribution in [2.75, 3.05) is 24.7 Å². The molecule has 0 unspecified atom stereocenters. The van der Waals surface area contributed by atoms with Gasteiger partial charge in [-0.25, -0.2) is 9.97 Å². The van der Waals surface area contributed by atoms with Crippen molar-refractivity contribution >= 4 is 11.6 Å². The van der Waals surface area contributed by atoms with Crippen molar-refractivity contribution in [3.8, 4) is 0 Å². The van der Waals surface area contributed by atoms with E-state index in [1.165, 1.54) is 0 Å². The fourth-order valence-electron chi connectivity index (χ4n) is 0.824. The lowest BCUT2D eigenvalue weighted by molar-refractivity contribution is 1.05. The number of hydrogen-bond donors (Lipinski definition) is 2. The molecule has 1 aromatic rings. The summed E-state index contributed by atoms with van der Waals surface area (Å²) in [6.07, 6.45) is 0. The molecule has 1 heterocycles. The van der Waals surface area contributed by atoms with Crippen molar-refractivity contribution in [1.82, 2.24) is 9.97 Å². The van der Waals surface area contributed by atoms with Crippen LogP contribution in [0.5, 0.6) is 0 Å². The van der Waals surface area contributed by atoms with E-state index in [9.17, 15) is 0 Å². The monoisotopic (exact) mass is 152 g/mol. The summed E-state index contributed by atoms with van der Waals surface area (Å²) in [5.74, 6) is 2.44. The normalized spacial score (nSPS) is 9.36. The summed E-state index contributed by atoms with van der Waals surface area (Å²) < 4.78 is 0. The van der Waals surface area contributed by atoms with Crippen LogP contribution in [0.3, 0.4) is 0 Å². The molecule has 2 N–H and O–H groups in total. The molecule has 0 saturated carbocycles. The van der Waals surface area contributed by atoms with E-state index >= 15 is 0 Å². The molecule has 4 heteroatoms. The predicted molar refractivity (Wildman–Crippen MR) is 45.9 cm³/mol. The minimum atomic E-state index is 0.765. The quantitative estimate of drug-likeness (QED) is 0.660. The summed E-state index contributed by atoms with van der Waals surface area (Å²) in [5.41, 5.74) is 0. The lowest BCUT2D eigenvalue weighted by atomic mass is 10.5.